The summed E-state index contributed by atoms with van der Waals surface area (Å²) < 4.78 is 17.0. The molecule has 0 aliphatic carbocycles. The first-order valence-corrected chi connectivity index (χ1v) is 9.69. The minimum atomic E-state index is -0.321. The van der Waals surface area contributed by atoms with Gasteiger partial charge in [0.05, 0.1) is 25.5 Å². The van der Waals surface area contributed by atoms with Gasteiger partial charge < -0.3 is 19.1 Å². The Labute approximate surface area is 175 Å². The summed E-state index contributed by atoms with van der Waals surface area (Å²) in [5.41, 5.74) is 2.55. The Morgan fingerprint density at radius 1 is 1.17 bits per heavy atom. The van der Waals surface area contributed by atoms with Gasteiger partial charge in [0.15, 0.2) is 0 Å². The monoisotopic (exact) mass is 405 g/mol. The molecule has 1 aliphatic heterocycles. The van der Waals surface area contributed by atoms with Crippen LogP contribution in [0.2, 0.25) is 0 Å². The third kappa shape index (κ3) is 4.26. The van der Waals surface area contributed by atoms with Crippen molar-refractivity contribution in [1.29, 1.82) is 0 Å². The Hall–Kier alpha value is -3.45. The first-order chi connectivity index (χ1) is 14.7. The van der Waals surface area contributed by atoms with E-state index in [1.807, 2.05) is 43.3 Å². The molecule has 1 fully saturated rings. The molecule has 2 aromatic heterocycles. The van der Waals surface area contributed by atoms with E-state index in [-0.39, 0.29) is 18.6 Å². The van der Waals surface area contributed by atoms with Gasteiger partial charge in [-0.25, -0.2) is 0 Å². The number of carbonyl (C=O) groups is 1. The zero-order valence-electron chi connectivity index (χ0n) is 16.9. The van der Waals surface area contributed by atoms with Crippen LogP contribution in [-0.2, 0) is 16.1 Å². The number of nitrogens with zero attached hydrogens (tertiary/aromatic N) is 3. The standard InChI is InChI=1S/C23H23N3O4/c1-16-21(7-4-9-25-16)30-22-8-10-24-12-19(22)20-14-29-15-23(27)26(20)13-17-5-3-6-18(11-17)28-2/h3-12,20H,13-15H2,1-2H3. The lowest BCUT2D eigenvalue weighted by molar-refractivity contribution is -0.149. The molecule has 1 aromatic carbocycles. The van der Waals surface area contributed by atoms with Crippen molar-refractivity contribution < 1.29 is 19.0 Å². The molecule has 1 unspecified atom stereocenters. The fourth-order valence-electron chi connectivity index (χ4n) is 3.46. The van der Waals surface area contributed by atoms with Gasteiger partial charge in [0.2, 0.25) is 5.91 Å². The van der Waals surface area contributed by atoms with Gasteiger partial charge in [0.25, 0.3) is 0 Å². The highest BCUT2D eigenvalue weighted by Crippen LogP contribution is 2.35. The Morgan fingerprint density at radius 3 is 2.90 bits per heavy atom. The van der Waals surface area contributed by atoms with Gasteiger partial charge >= 0.3 is 0 Å². The number of aryl methyl sites for hydroxylation is 1. The summed E-state index contributed by atoms with van der Waals surface area (Å²) in [7, 11) is 1.63. The predicted molar refractivity (Wildman–Crippen MR) is 110 cm³/mol. The Kier molecular flexibility index (Phi) is 5.90. The molecular weight excluding hydrogens is 382 g/mol. The van der Waals surface area contributed by atoms with E-state index in [0.29, 0.717) is 24.7 Å². The number of methoxy groups -OCH3 is 1. The second-order valence-corrected chi connectivity index (χ2v) is 7.01. The molecule has 154 valence electrons. The van der Waals surface area contributed by atoms with Gasteiger partial charge in [0.1, 0.15) is 23.9 Å². The lowest BCUT2D eigenvalue weighted by atomic mass is 10.0. The average molecular weight is 405 g/mol. The molecule has 0 N–H and O–H groups in total. The lowest BCUT2D eigenvalue weighted by Gasteiger charge is -2.36. The number of hydrogen-bond acceptors (Lipinski definition) is 6. The predicted octanol–water partition coefficient (Wildman–Crippen LogP) is 3.69. The summed E-state index contributed by atoms with van der Waals surface area (Å²) in [4.78, 5) is 23.1. The minimum Gasteiger partial charge on any atom is -0.497 e. The molecule has 1 amide bonds. The SMILES string of the molecule is COc1cccc(CN2C(=O)COCC2c2cnccc2Oc2cccnc2C)c1. The number of aromatic nitrogens is 2. The van der Waals surface area contributed by atoms with Crippen LogP contribution < -0.4 is 9.47 Å². The lowest BCUT2D eigenvalue weighted by Crippen LogP contribution is -2.43. The second-order valence-electron chi connectivity index (χ2n) is 7.01. The van der Waals surface area contributed by atoms with E-state index in [1.165, 1.54) is 0 Å². The number of amides is 1. The molecule has 0 saturated carbocycles. The number of ether oxygens (including phenoxy) is 3. The molecule has 3 aromatic rings. The van der Waals surface area contributed by atoms with Crippen LogP contribution in [0.1, 0.15) is 22.9 Å². The fraction of sp³-hybridized carbons (Fsp3) is 0.261. The molecule has 4 rings (SSSR count). The third-order valence-electron chi connectivity index (χ3n) is 5.03. The molecule has 1 atom stereocenters. The molecule has 30 heavy (non-hydrogen) atoms. The second kappa shape index (κ2) is 8.92. The average Bonchev–Trinajstić information content (AvgIpc) is 2.77. The molecule has 1 aliphatic rings. The largest absolute Gasteiger partial charge is 0.497 e. The van der Waals surface area contributed by atoms with Gasteiger partial charge in [-0.1, -0.05) is 12.1 Å². The summed E-state index contributed by atoms with van der Waals surface area (Å²) in [6, 6.07) is 12.9. The minimum absolute atomic E-state index is 0.0542. The Balaban J connectivity index is 1.65. The van der Waals surface area contributed by atoms with Gasteiger partial charge in [0, 0.05) is 30.7 Å². The quantitative estimate of drug-likeness (QED) is 0.623. The highest BCUT2D eigenvalue weighted by atomic mass is 16.5. The first-order valence-electron chi connectivity index (χ1n) is 9.69. The van der Waals surface area contributed by atoms with Crippen LogP contribution in [0.4, 0.5) is 0 Å². The summed E-state index contributed by atoms with van der Waals surface area (Å²) in [6.07, 6.45) is 5.12. The van der Waals surface area contributed by atoms with Crippen molar-refractivity contribution in [3.8, 4) is 17.2 Å². The molecule has 7 heteroatoms. The number of rotatable bonds is 6. The van der Waals surface area contributed by atoms with Crippen molar-refractivity contribution in [2.45, 2.75) is 19.5 Å². The van der Waals surface area contributed by atoms with Crippen molar-refractivity contribution >= 4 is 5.91 Å². The first kappa shape index (κ1) is 19.8. The van der Waals surface area contributed by atoms with Crippen molar-refractivity contribution in [3.63, 3.8) is 0 Å². The molecule has 0 radical (unpaired) electrons. The maximum Gasteiger partial charge on any atom is 0.249 e. The molecular formula is C23H23N3O4. The van der Waals surface area contributed by atoms with Crippen molar-refractivity contribution in [2.24, 2.45) is 0 Å². The van der Waals surface area contributed by atoms with E-state index in [9.17, 15) is 4.79 Å². The third-order valence-corrected chi connectivity index (χ3v) is 5.03. The number of benzene rings is 1. The van der Waals surface area contributed by atoms with Crippen LogP contribution in [0.5, 0.6) is 17.2 Å². The van der Waals surface area contributed by atoms with Crippen molar-refractivity contribution in [3.05, 3.63) is 77.9 Å². The van der Waals surface area contributed by atoms with Crippen LogP contribution >= 0.6 is 0 Å². The van der Waals surface area contributed by atoms with E-state index in [1.54, 1.807) is 36.7 Å². The van der Waals surface area contributed by atoms with Gasteiger partial charge in [-0.2, -0.15) is 0 Å². The topological polar surface area (TPSA) is 73.8 Å². The van der Waals surface area contributed by atoms with E-state index in [0.717, 1.165) is 22.6 Å². The molecule has 7 nitrogen and oxygen atoms in total. The molecule has 0 bridgehead atoms. The summed E-state index contributed by atoms with van der Waals surface area (Å²) in [6.45, 7) is 2.74. The summed E-state index contributed by atoms with van der Waals surface area (Å²) >= 11 is 0. The molecule has 3 heterocycles. The maximum atomic E-state index is 12.8. The number of morpholine rings is 1. The van der Waals surface area contributed by atoms with Crippen molar-refractivity contribution in [1.82, 2.24) is 14.9 Å². The zero-order valence-corrected chi connectivity index (χ0v) is 16.9. The molecule has 0 spiro atoms. The summed E-state index contributed by atoms with van der Waals surface area (Å²) in [5, 5.41) is 0. The normalized spacial score (nSPS) is 16.4. The highest BCUT2D eigenvalue weighted by Gasteiger charge is 2.32. The van der Waals surface area contributed by atoms with E-state index < -0.39 is 0 Å². The van der Waals surface area contributed by atoms with E-state index in [2.05, 4.69) is 9.97 Å². The summed E-state index contributed by atoms with van der Waals surface area (Å²) in [5.74, 6) is 1.95. The highest BCUT2D eigenvalue weighted by molar-refractivity contribution is 5.78. The van der Waals surface area contributed by atoms with E-state index >= 15 is 0 Å². The van der Waals surface area contributed by atoms with Crippen LogP contribution in [0.3, 0.4) is 0 Å². The fourth-order valence-corrected chi connectivity index (χ4v) is 3.46. The van der Waals surface area contributed by atoms with Crippen molar-refractivity contribution in [2.75, 3.05) is 20.3 Å². The maximum absolute atomic E-state index is 12.8. The number of carbonyl (C=O) groups excluding carboxylic acids is 1. The Bertz CT molecular complexity index is 1040. The zero-order chi connectivity index (χ0) is 20.9. The van der Waals surface area contributed by atoms with Crippen LogP contribution in [0.15, 0.2) is 61.1 Å². The van der Waals surface area contributed by atoms with Crippen LogP contribution in [0, 0.1) is 6.92 Å². The van der Waals surface area contributed by atoms with E-state index in [4.69, 9.17) is 14.2 Å². The van der Waals surface area contributed by atoms with Gasteiger partial charge in [-0.05, 0) is 42.8 Å². The smallest absolute Gasteiger partial charge is 0.249 e. The number of hydrogen-bond donors (Lipinski definition) is 0. The Morgan fingerprint density at radius 2 is 2.07 bits per heavy atom. The van der Waals surface area contributed by atoms with Crippen LogP contribution in [0.25, 0.3) is 0 Å². The van der Waals surface area contributed by atoms with Gasteiger partial charge in [-0.3, -0.25) is 14.8 Å². The van der Waals surface area contributed by atoms with Crippen LogP contribution in [-0.4, -0.2) is 41.1 Å². The van der Waals surface area contributed by atoms with Gasteiger partial charge in [-0.15, -0.1) is 0 Å². The molecule has 1 saturated heterocycles. The number of pyridine rings is 2.